The number of nitrogens with one attached hydrogen (secondary N) is 1. The van der Waals surface area contributed by atoms with Crippen molar-refractivity contribution in [1.29, 1.82) is 0 Å². The van der Waals surface area contributed by atoms with Gasteiger partial charge in [0.2, 0.25) is 0 Å². The Labute approximate surface area is 163 Å². The van der Waals surface area contributed by atoms with Crippen LogP contribution in [0.5, 0.6) is 0 Å². The minimum atomic E-state index is -0.370. The van der Waals surface area contributed by atoms with E-state index in [1.165, 1.54) is 17.2 Å². The average Bonchev–Trinajstić information content (AvgIpc) is 2.73. The molecule has 1 N–H and O–H groups in total. The Morgan fingerprint density at radius 3 is 2.64 bits per heavy atom. The Morgan fingerprint density at radius 2 is 1.86 bits per heavy atom. The SMILES string of the molecule is O=[N+]([O-])c1ccc(NCc2ccccc2CN2CCOCC2)c2ccncc12. The number of hydrogen-bond donors (Lipinski definition) is 1. The molecule has 0 atom stereocenters. The molecule has 28 heavy (non-hydrogen) atoms. The van der Waals surface area contributed by atoms with Gasteiger partial charge in [-0.3, -0.25) is 20.0 Å². The Kier molecular flexibility index (Phi) is 5.45. The first-order valence-corrected chi connectivity index (χ1v) is 9.34. The van der Waals surface area contributed by atoms with Gasteiger partial charge in [-0.15, -0.1) is 0 Å². The van der Waals surface area contributed by atoms with Crippen molar-refractivity contribution < 1.29 is 9.66 Å². The zero-order chi connectivity index (χ0) is 19.3. The molecule has 0 saturated carbocycles. The van der Waals surface area contributed by atoms with Gasteiger partial charge in [0.1, 0.15) is 0 Å². The number of rotatable bonds is 6. The highest BCUT2D eigenvalue weighted by atomic mass is 16.6. The second kappa shape index (κ2) is 8.33. The first-order chi connectivity index (χ1) is 13.7. The predicted molar refractivity (Wildman–Crippen MR) is 108 cm³/mol. The fourth-order valence-electron chi connectivity index (χ4n) is 3.56. The van der Waals surface area contributed by atoms with E-state index >= 15 is 0 Å². The zero-order valence-corrected chi connectivity index (χ0v) is 15.5. The number of hydrogen-bond acceptors (Lipinski definition) is 6. The van der Waals surface area contributed by atoms with Crippen molar-refractivity contribution in [2.75, 3.05) is 31.6 Å². The molecule has 1 aliphatic heterocycles. The van der Waals surface area contributed by atoms with E-state index in [0.29, 0.717) is 11.9 Å². The summed E-state index contributed by atoms with van der Waals surface area (Å²) in [4.78, 5) is 17.4. The minimum Gasteiger partial charge on any atom is -0.380 e. The van der Waals surface area contributed by atoms with Crippen LogP contribution in [0.2, 0.25) is 0 Å². The third-order valence-corrected chi connectivity index (χ3v) is 5.08. The fraction of sp³-hybridized carbons (Fsp3) is 0.286. The molecule has 0 bridgehead atoms. The van der Waals surface area contributed by atoms with Crippen molar-refractivity contribution in [3.05, 3.63) is 76.1 Å². The standard InChI is InChI=1S/C21H22N4O3/c26-25(27)21-6-5-20(18-7-8-22-14-19(18)21)23-13-16-3-1-2-4-17(16)15-24-9-11-28-12-10-24/h1-8,14,23H,9-13,15H2. The van der Waals surface area contributed by atoms with Gasteiger partial charge in [0.05, 0.1) is 23.5 Å². The number of benzene rings is 2. The first-order valence-electron chi connectivity index (χ1n) is 9.34. The summed E-state index contributed by atoms with van der Waals surface area (Å²) in [5, 5.41) is 16.1. The van der Waals surface area contributed by atoms with Crippen LogP contribution in [0.1, 0.15) is 11.1 Å². The van der Waals surface area contributed by atoms with Gasteiger partial charge >= 0.3 is 0 Å². The van der Waals surface area contributed by atoms with Crippen LogP contribution < -0.4 is 5.32 Å². The summed E-state index contributed by atoms with van der Waals surface area (Å²) in [6.45, 7) is 5.00. The summed E-state index contributed by atoms with van der Waals surface area (Å²) in [6.07, 6.45) is 3.20. The van der Waals surface area contributed by atoms with Crippen molar-refractivity contribution in [2.45, 2.75) is 13.1 Å². The second-order valence-corrected chi connectivity index (χ2v) is 6.82. The van der Waals surface area contributed by atoms with E-state index in [4.69, 9.17) is 4.74 Å². The van der Waals surface area contributed by atoms with Crippen LogP contribution in [-0.2, 0) is 17.8 Å². The van der Waals surface area contributed by atoms with Crippen molar-refractivity contribution in [1.82, 2.24) is 9.88 Å². The molecule has 1 aromatic heterocycles. The van der Waals surface area contributed by atoms with Crippen LogP contribution in [0.3, 0.4) is 0 Å². The van der Waals surface area contributed by atoms with E-state index in [9.17, 15) is 10.1 Å². The highest BCUT2D eigenvalue weighted by Gasteiger charge is 2.15. The summed E-state index contributed by atoms with van der Waals surface area (Å²) in [7, 11) is 0. The summed E-state index contributed by atoms with van der Waals surface area (Å²) < 4.78 is 5.43. The number of morpholine rings is 1. The van der Waals surface area contributed by atoms with E-state index in [0.717, 1.165) is 43.9 Å². The minimum absolute atomic E-state index is 0.0707. The molecular weight excluding hydrogens is 356 g/mol. The molecule has 4 rings (SSSR count). The second-order valence-electron chi connectivity index (χ2n) is 6.82. The van der Waals surface area contributed by atoms with Gasteiger partial charge in [-0.1, -0.05) is 24.3 Å². The van der Waals surface area contributed by atoms with Crippen molar-refractivity contribution in [2.24, 2.45) is 0 Å². The molecule has 2 heterocycles. The van der Waals surface area contributed by atoms with Gasteiger partial charge in [-0.2, -0.15) is 0 Å². The number of nitro groups is 1. The molecule has 0 amide bonds. The van der Waals surface area contributed by atoms with Crippen molar-refractivity contribution in [3.8, 4) is 0 Å². The van der Waals surface area contributed by atoms with Gasteiger partial charge < -0.3 is 10.1 Å². The summed E-state index contributed by atoms with van der Waals surface area (Å²) in [5.74, 6) is 0. The molecule has 3 aromatic rings. The number of nitro benzene ring substituents is 1. The van der Waals surface area contributed by atoms with Gasteiger partial charge in [0.25, 0.3) is 5.69 Å². The molecular formula is C21H22N4O3. The summed E-state index contributed by atoms with van der Waals surface area (Å²) in [5.41, 5.74) is 3.44. The molecule has 0 aliphatic carbocycles. The van der Waals surface area contributed by atoms with Gasteiger partial charge in [0.15, 0.2) is 0 Å². The lowest BCUT2D eigenvalue weighted by atomic mass is 10.1. The third kappa shape index (κ3) is 3.95. The van der Waals surface area contributed by atoms with E-state index in [2.05, 4.69) is 33.4 Å². The Bertz CT molecular complexity index is 986. The molecule has 144 valence electrons. The highest BCUT2D eigenvalue weighted by Crippen LogP contribution is 2.31. The van der Waals surface area contributed by atoms with Gasteiger partial charge in [-0.05, 0) is 23.3 Å². The Morgan fingerprint density at radius 1 is 1.07 bits per heavy atom. The molecule has 1 fully saturated rings. The third-order valence-electron chi connectivity index (χ3n) is 5.08. The number of aromatic nitrogens is 1. The highest BCUT2D eigenvalue weighted by molar-refractivity contribution is 5.99. The lowest BCUT2D eigenvalue weighted by Crippen LogP contribution is -2.35. The maximum atomic E-state index is 11.3. The number of non-ortho nitro benzene ring substituents is 1. The average molecular weight is 378 g/mol. The summed E-state index contributed by atoms with van der Waals surface area (Å²) in [6, 6.07) is 13.5. The maximum Gasteiger partial charge on any atom is 0.278 e. The van der Waals surface area contributed by atoms with Gasteiger partial charge in [-0.25, -0.2) is 0 Å². The monoisotopic (exact) mass is 378 g/mol. The topological polar surface area (TPSA) is 80.5 Å². The number of pyridine rings is 1. The van der Waals surface area contributed by atoms with Crippen LogP contribution in [0.4, 0.5) is 11.4 Å². The van der Waals surface area contributed by atoms with Crippen LogP contribution in [0.15, 0.2) is 54.9 Å². The normalized spacial score (nSPS) is 14.9. The van der Waals surface area contributed by atoms with Crippen molar-refractivity contribution >= 4 is 22.1 Å². The molecule has 1 saturated heterocycles. The van der Waals surface area contributed by atoms with Crippen LogP contribution in [0, 0.1) is 10.1 Å². The van der Waals surface area contributed by atoms with E-state index in [-0.39, 0.29) is 10.6 Å². The Balaban J connectivity index is 1.55. The predicted octanol–water partition coefficient (Wildman–Crippen LogP) is 3.59. The molecule has 0 radical (unpaired) electrons. The van der Waals surface area contributed by atoms with E-state index in [1.54, 1.807) is 18.5 Å². The molecule has 0 spiro atoms. The molecule has 7 heteroatoms. The number of anilines is 1. The van der Waals surface area contributed by atoms with E-state index in [1.807, 2.05) is 12.1 Å². The molecule has 1 aliphatic rings. The fourth-order valence-corrected chi connectivity index (χ4v) is 3.56. The number of fused-ring (bicyclic) bond motifs is 1. The van der Waals surface area contributed by atoms with Crippen LogP contribution in [0.25, 0.3) is 10.8 Å². The number of ether oxygens (including phenoxy) is 1. The Hall–Kier alpha value is -3.03. The zero-order valence-electron chi connectivity index (χ0n) is 15.5. The largest absolute Gasteiger partial charge is 0.380 e. The lowest BCUT2D eigenvalue weighted by Gasteiger charge is -2.27. The molecule has 7 nitrogen and oxygen atoms in total. The summed E-state index contributed by atoms with van der Waals surface area (Å²) >= 11 is 0. The van der Waals surface area contributed by atoms with Crippen LogP contribution >= 0.6 is 0 Å². The number of nitrogens with zero attached hydrogens (tertiary/aromatic N) is 3. The smallest absolute Gasteiger partial charge is 0.278 e. The van der Waals surface area contributed by atoms with Gasteiger partial charge in [0, 0.05) is 55.7 Å². The first kappa shape index (κ1) is 18.3. The van der Waals surface area contributed by atoms with Crippen molar-refractivity contribution in [3.63, 3.8) is 0 Å². The quantitative estimate of drug-likeness (QED) is 0.522. The van der Waals surface area contributed by atoms with Crippen LogP contribution in [-0.4, -0.2) is 41.1 Å². The van der Waals surface area contributed by atoms with E-state index < -0.39 is 0 Å². The lowest BCUT2D eigenvalue weighted by molar-refractivity contribution is -0.383. The maximum absolute atomic E-state index is 11.3. The molecule has 0 unspecified atom stereocenters. The molecule has 2 aromatic carbocycles.